The standard InChI is InChI=1S/C22H24FN5S2.CO2/c1-14(2)29-21-20(27-9-7-16(12-24)8-10-27)25-22(30-21)28-13-19(15(3)26-28)17-5-4-6-18(23)11-17;2-1-3/h4-6,11,13-14,16H,7-10H2,1-3H3;. The van der Waals surface area contributed by atoms with Gasteiger partial charge in [0.05, 0.1) is 11.8 Å². The van der Waals surface area contributed by atoms with Crippen molar-refractivity contribution in [1.29, 1.82) is 5.26 Å². The summed E-state index contributed by atoms with van der Waals surface area (Å²) in [6.07, 6.45) is 3.93. The first-order valence-corrected chi connectivity index (χ1v) is 12.2. The van der Waals surface area contributed by atoms with Crippen LogP contribution in [0.3, 0.4) is 0 Å². The van der Waals surface area contributed by atoms with Crippen LogP contribution in [0.1, 0.15) is 32.4 Å². The van der Waals surface area contributed by atoms with E-state index in [4.69, 9.17) is 14.6 Å². The molecule has 1 aromatic carbocycles. The van der Waals surface area contributed by atoms with Crippen molar-refractivity contribution in [1.82, 2.24) is 14.8 Å². The number of piperidine rings is 1. The van der Waals surface area contributed by atoms with Crippen LogP contribution in [0.2, 0.25) is 0 Å². The first-order chi connectivity index (χ1) is 15.9. The number of rotatable bonds is 5. The molecule has 0 bridgehead atoms. The van der Waals surface area contributed by atoms with Gasteiger partial charge in [0.25, 0.3) is 0 Å². The smallest absolute Gasteiger partial charge is 0.355 e. The van der Waals surface area contributed by atoms with Crippen LogP contribution >= 0.6 is 23.1 Å². The normalized spacial score (nSPS) is 13.9. The molecule has 7 nitrogen and oxygen atoms in total. The van der Waals surface area contributed by atoms with E-state index in [1.807, 2.05) is 30.9 Å². The lowest BCUT2D eigenvalue weighted by atomic mass is 9.99. The summed E-state index contributed by atoms with van der Waals surface area (Å²) in [5.74, 6) is 0.876. The molecule has 3 aromatic rings. The average molecular weight is 486 g/mol. The zero-order valence-corrected chi connectivity index (χ0v) is 20.2. The minimum atomic E-state index is -0.257. The second-order valence-electron chi connectivity index (χ2n) is 7.83. The molecule has 1 saturated heterocycles. The molecule has 2 aromatic heterocycles. The van der Waals surface area contributed by atoms with Crippen molar-refractivity contribution in [2.75, 3.05) is 18.0 Å². The predicted molar refractivity (Wildman–Crippen MR) is 126 cm³/mol. The first-order valence-electron chi connectivity index (χ1n) is 10.5. The van der Waals surface area contributed by atoms with E-state index in [0.717, 1.165) is 53.7 Å². The fourth-order valence-electron chi connectivity index (χ4n) is 3.59. The van der Waals surface area contributed by atoms with Crippen LogP contribution in [0, 0.1) is 30.0 Å². The molecule has 3 heterocycles. The van der Waals surface area contributed by atoms with Crippen molar-refractivity contribution in [2.24, 2.45) is 5.92 Å². The topological polar surface area (TPSA) is 91.9 Å². The van der Waals surface area contributed by atoms with E-state index >= 15 is 0 Å². The van der Waals surface area contributed by atoms with E-state index in [9.17, 15) is 9.65 Å². The van der Waals surface area contributed by atoms with Crippen LogP contribution in [0.25, 0.3) is 16.3 Å². The van der Waals surface area contributed by atoms with Crippen molar-refractivity contribution >= 4 is 35.1 Å². The van der Waals surface area contributed by atoms with E-state index < -0.39 is 0 Å². The van der Waals surface area contributed by atoms with E-state index in [2.05, 4.69) is 29.9 Å². The van der Waals surface area contributed by atoms with Gasteiger partial charge in [-0.1, -0.05) is 37.3 Å². The number of carbonyl (C=O) groups excluding carboxylic acids is 2. The minimum absolute atomic E-state index is 0.142. The maximum atomic E-state index is 13.7. The lowest BCUT2D eigenvalue weighted by Gasteiger charge is -2.30. The number of nitriles is 1. The third-order valence-corrected chi connectivity index (χ3v) is 7.35. The number of thioether (sulfide) groups is 1. The highest BCUT2D eigenvalue weighted by Crippen LogP contribution is 2.40. The monoisotopic (exact) mass is 485 g/mol. The minimum Gasteiger partial charge on any atom is -0.355 e. The Balaban J connectivity index is 0.000000968. The van der Waals surface area contributed by atoms with Crippen molar-refractivity contribution < 1.29 is 14.0 Å². The summed E-state index contributed by atoms with van der Waals surface area (Å²) >= 11 is 3.44. The zero-order valence-electron chi connectivity index (χ0n) is 18.6. The lowest BCUT2D eigenvalue weighted by Crippen LogP contribution is -2.33. The highest BCUT2D eigenvalue weighted by atomic mass is 32.2. The second kappa shape index (κ2) is 11.2. The largest absolute Gasteiger partial charge is 0.373 e. The second-order valence-corrected chi connectivity index (χ2v) is 10.7. The van der Waals surface area contributed by atoms with Crippen LogP contribution < -0.4 is 4.90 Å². The number of nitrogens with zero attached hydrogens (tertiary/aromatic N) is 5. The molecule has 172 valence electrons. The van der Waals surface area contributed by atoms with Gasteiger partial charge in [-0.2, -0.15) is 24.9 Å². The predicted octanol–water partition coefficient (Wildman–Crippen LogP) is 5.10. The number of thiazole rings is 1. The van der Waals surface area contributed by atoms with E-state index in [1.54, 1.807) is 22.1 Å². The van der Waals surface area contributed by atoms with E-state index in [1.165, 1.54) is 16.3 Å². The fourth-order valence-corrected chi connectivity index (χ4v) is 6.05. The highest BCUT2D eigenvalue weighted by Gasteiger charge is 2.25. The van der Waals surface area contributed by atoms with Gasteiger partial charge < -0.3 is 4.90 Å². The fraction of sp³-hybridized carbons (Fsp3) is 0.391. The summed E-state index contributed by atoms with van der Waals surface area (Å²) in [6.45, 7) is 7.98. The molecule has 4 rings (SSSR count). The van der Waals surface area contributed by atoms with Crippen LogP contribution in [-0.4, -0.2) is 39.3 Å². The number of halogens is 1. The molecule has 0 saturated carbocycles. The zero-order chi connectivity index (χ0) is 24.0. The Morgan fingerprint density at radius 3 is 2.58 bits per heavy atom. The van der Waals surface area contributed by atoms with Crippen molar-refractivity contribution in [3.8, 4) is 22.3 Å². The third kappa shape index (κ3) is 6.08. The molecule has 0 radical (unpaired) electrons. The summed E-state index contributed by atoms with van der Waals surface area (Å²) in [6, 6.07) is 8.97. The van der Waals surface area contributed by atoms with E-state index in [-0.39, 0.29) is 17.9 Å². The Hall–Kier alpha value is -2.99. The van der Waals surface area contributed by atoms with Gasteiger partial charge in [-0.25, -0.2) is 9.07 Å². The molecule has 0 N–H and O–H groups in total. The van der Waals surface area contributed by atoms with E-state index in [0.29, 0.717) is 5.25 Å². The van der Waals surface area contributed by atoms with Crippen molar-refractivity contribution in [3.63, 3.8) is 0 Å². The summed E-state index contributed by atoms with van der Waals surface area (Å²) in [7, 11) is 0. The van der Waals surface area contributed by atoms with Crippen LogP contribution in [-0.2, 0) is 9.59 Å². The number of aromatic nitrogens is 3. The summed E-state index contributed by atoms with van der Waals surface area (Å²) < 4.78 is 16.7. The molecule has 0 atom stereocenters. The molecule has 0 unspecified atom stereocenters. The molecule has 1 fully saturated rings. The van der Waals surface area contributed by atoms with Crippen LogP contribution in [0.15, 0.2) is 34.7 Å². The number of anilines is 1. The van der Waals surface area contributed by atoms with Gasteiger partial charge in [-0.15, -0.1) is 11.8 Å². The molecule has 0 spiro atoms. The van der Waals surface area contributed by atoms with Gasteiger partial charge in [-0.3, -0.25) is 0 Å². The highest BCUT2D eigenvalue weighted by molar-refractivity contribution is 8.01. The molecule has 33 heavy (non-hydrogen) atoms. The Morgan fingerprint density at radius 1 is 1.27 bits per heavy atom. The molecule has 1 aliphatic heterocycles. The van der Waals surface area contributed by atoms with Crippen LogP contribution in [0.5, 0.6) is 0 Å². The van der Waals surface area contributed by atoms with Gasteiger partial charge in [-0.05, 0) is 37.5 Å². The maximum absolute atomic E-state index is 13.7. The summed E-state index contributed by atoms with van der Waals surface area (Å²) in [5, 5.41) is 15.1. The molecule has 1 aliphatic rings. The maximum Gasteiger partial charge on any atom is 0.373 e. The Bertz CT molecular complexity index is 1170. The van der Waals surface area contributed by atoms with Gasteiger partial charge in [0.1, 0.15) is 10.0 Å². The first kappa shape index (κ1) is 24.6. The molecule has 0 amide bonds. The third-order valence-electron chi connectivity index (χ3n) is 5.12. The molecular weight excluding hydrogens is 461 g/mol. The summed E-state index contributed by atoms with van der Waals surface area (Å²) in [5.41, 5.74) is 2.55. The molecule has 0 aliphatic carbocycles. The Morgan fingerprint density at radius 2 is 1.97 bits per heavy atom. The number of hydrogen-bond acceptors (Lipinski definition) is 8. The van der Waals surface area contributed by atoms with Crippen molar-refractivity contribution in [2.45, 2.75) is 43.1 Å². The Kier molecular flexibility index (Phi) is 8.39. The quantitative estimate of drug-likeness (QED) is 0.464. The summed E-state index contributed by atoms with van der Waals surface area (Å²) in [4.78, 5) is 23.5. The van der Waals surface area contributed by atoms with Crippen LogP contribution in [0.4, 0.5) is 10.2 Å². The molecular formula is C23H24FN5O2S2. The van der Waals surface area contributed by atoms with Gasteiger partial charge in [0.2, 0.25) is 5.13 Å². The van der Waals surface area contributed by atoms with Crippen molar-refractivity contribution in [3.05, 3.63) is 42.0 Å². The molecule has 10 heteroatoms. The number of hydrogen-bond donors (Lipinski definition) is 0. The van der Waals surface area contributed by atoms with Gasteiger partial charge in [0.15, 0.2) is 5.82 Å². The van der Waals surface area contributed by atoms with Gasteiger partial charge in [0, 0.05) is 36.0 Å². The van der Waals surface area contributed by atoms with Gasteiger partial charge >= 0.3 is 6.15 Å². The Labute approximate surface area is 200 Å². The lowest BCUT2D eigenvalue weighted by molar-refractivity contribution is -0.191. The number of aryl methyl sites for hydroxylation is 1. The SMILES string of the molecule is Cc1nn(-c2nc(N3CCC(C#N)CC3)c(SC(C)C)s2)cc1-c1cccc(F)c1.O=C=O. The average Bonchev–Trinajstić information content (AvgIpc) is 3.37. The number of benzene rings is 1.